The van der Waals surface area contributed by atoms with Crippen molar-refractivity contribution < 1.29 is 9.53 Å². The van der Waals surface area contributed by atoms with Crippen LogP contribution >= 0.6 is 11.6 Å². The summed E-state index contributed by atoms with van der Waals surface area (Å²) in [6.45, 7) is 2.62. The monoisotopic (exact) mass is 491 g/mol. The quantitative estimate of drug-likeness (QED) is 0.374. The average molecular weight is 492 g/mol. The van der Waals surface area contributed by atoms with Crippen LogP contribution in [0.3, 0.4) is 0 Å². The number of nitrogen functional groups attached to an aromatic ring is 1. The molecule has 0 aliphatic rings. The van der Waals surface area contributed by atoms with Gasteiger partial charge in [0.05, 0.1) is 28.9 Å². The second-order valence-electron chi connectivity index (χ2n) is 8.22. The molecule has 0 spiro atoms. The molecule has 2 aromatic heterocycles. The van der Waals surface area contributed by atoms with E-state index in [1.54, 1.807) is 36.1 Å². The van der Waals surface area contributed by atoms with Crippen LogP contribution in [0, 0.1) is 6.92 Å². The molecule has 1 amide bonds. The lowest BCUT2D eigenvalue weighted by molar-refractivity contribution is -0.111. The number of fused-ring (bicyclic) bond motifs is 1. The van der Waals surface area contributed by atoms with Crippen LogP contribution in [-0.4, -0.2) is 58.3 Å². The van der Waals surface area contributed by atoms with Crippen molar-refractivity contribution in [2.75, 3.05) is 38.8 Å². The molecule has 2 aromatic carbocycles. The van der Waals surface area contributed by atoms with E-state index in [4.69, 9.17) is 27.2 Å². The molecule has 180 valence electrons. The Kier molecular flexibility index (Phi) is 6.99. The first kappa shape index (κ1) is 24.2. The van der Waals surface area contributed by atoms with Gasteiger partial charge in [-0.1, -0.05) is 29.8 Å². The summed E-state index contributed by atoms with van der Waals surface area (Å²) < 4.78 is 7.14. The van der Waals surface area contributed by atoms with Gasteiger partial charge in [0.15, 0.2) is 5.65 Å². The summed E-state index contributed by atoms with van der Waals surface area (Å²) in [5.41, 5.74) is 10.3. The second kappa shape index (κ2) is 10.1. The number of hydrogen-bond acceptors (Lipinski definition) is 7. The molecule has 0 radical (unpaired) electrons. The average Bonchev–Trinajstić information content (AvgIpc) is 3.21. The predicted molar refractivity (Wildman–Crippen MR) is 139 cm³/mol. The fourth-order valence-electron chi connectivity index (χ4n) is 3.61. The second-order valence-corrected chi connectivity index (χ2v) is 8.63. The summed E-state index contributed by atoms with van der Waals surface area (Å²) in [4.78, 5) is 22.9. The molecule has 0 aliphatic carbocycles. The first-order chi connectivity index (χ1) is 16.8. The maximum atomic E-state index is 12.4. The van der Waals surface area contributed by atoms with Gasteiger partial charge in [-0.25, -0.2) is 14.6 Å². The van der Waals surface area contributed by atoms with Crippen LogP contribution in [0.4, 0.5) is 11.5 Å². The van der Waals surface area contributed by atoms with E-state index in [-0.39, 0.29) is 5.91 Å². The van der Waals surface area contributed by atoms with E-state index in [2.05, 4.69) is 15.3 Å². The number of ether oxygens (including phenoxy) is 1. The van der Waals surface area contributed by atoms with E-state index in [9.17, 15) is 4.79 Å². The molecule has 4 aromatic rings. The van der Waals surface area contributed by atoms with Crippen molar-refractivity contribution in [1.29, 1.82) is 0 Å². The zero-order valence-corrected chi connectivity index (χ0v) is 20.7. The largest absolute Gasteiger partial charge is 0.496 e. The molecular weight excluding hydrogens is 466 g/mol. The van der Waals surface area contributed by atoms with Gasteiger partial charge in [-0.2, -0.15) is 5.10 Å². The number of anilines is 2. The van der Waals surface area contributed by atoms with E-state index in [1.807, 2.05) is 44.1 Å². The minimum absolute atomic E-state index is 0.282. The van der Waals surface area contributed by atoms with Crippen molar-refractivity contribution >= 4 is 40.0 Å². The van der Waals surface area contributed by atoms with Crippen molar-refractivity contribution in [1.82, 2.24) is 24.6 Å². The van der Waals surface area contributed by atoms with Crippen molar-refractivity contribution in [2.45, 2.75) is 6.92 Å². The number of amides is 1. The fourth-order valence-corrected chi connectivity index (χ4v) is 3.77. The number of aryl methyl sites for hydroxylation is 1. The van der Waals surface area contributed by atoms with Crippen molar-refractivity contribution in [2.24, 2.45) is 0 Å². The van der Waals surface area contributed by atoms with Crippen LogP contribution < -0.4 is 15.8 Å². The Hall–Kier alpha value is -3.95. The number of halogens is 1. The van der Waals surface area contributed by atoms with Crippen LogP contribution in [0.1, 0.15) is 5.56 Å². The molecule has 0 saturated heterocycles. The predicted octanol–water partition coefficient (Wildman–Crippen LogP) is 4.09. The van der Waals surface area contributed by atoms with Gasteiger partial charge in [0.25, 0.3) is 0 Å². The molecule has 0 unspecified atom stereocenters. The third-order valence-electron chi connectivity index (χ3n) is 5.37. The molecular formula is C25H26ClN7O2. The smallest absolute Gasteiger partial charge is 0.248 e. The molecule has 3 N–H and O–H groups in total. The Morgan fingerprint density at radius 3 is 2.77 bits per heavy atom. The number of nitrogens with zero attached hydrogens (tertiary/aromatic N) is 5. The van der Waals surface area contributed by atoms with Gasteiger partial charge in [-0.3, -0.25) is 4.79 Å². The van der Waals surface area contributed by atoms with Gasteiger partial charge in [-0.15, -0.1) is 0 Å². The highest BCUT2D eigenvalue weighted by molar-refractivity contribution is 6.34. The van der Waals surface area contributed by atoms with Crippen molar-refractivity contribution in [3.05, 3.63) is 65.5 Å². The molecule has 4 rings (SSSR count). The molecule has 0 aliphatic heterocycles. The number of nitrogens with two attached hydrogens (primary N) is 1. The van der Waals surface area contributed by atoms with Gasteiger partial charge in [0, 0.05) is 18.2 Å². The minimum Gasteiger partial charge on any atom is -0.496 e. The third-order valence-corrected chi connectivity index (χ3v) is 5.70. The molecule has 0 atom stereocenters. The Bertz CT molecular complexity index is 1430. The number of benzene rings is 2. The molecule has 9 nitrogen and oxygen atoms in total. The Labute approximate surface area is 208 Å². The standard InChI is InChI=1S/C25H26ClN7O2/c1-15-7-8-16(12-20(15)35-4)23-22-24(27)28-14-29-25(22)33(31-23)17-9-10-18(26)19(13-17)30-21(34)6-5-11-32(2)3/h5-10,12-14H,11H2,1-4H3,(H,30,34)(H2,27,28,29). The van der Waals surface area contributed by atoms with Gasteiger partial charge < -0.3 is 20.7 Å². The normalized spacial score (nSPS) is 11.5. The zero-order chi connectivity index (χ0) is 25.1. The maximum absolute atomic E-state index is 12.4. The van der Waals surface area contributed by atoms with Crippen molar-refractivity contribution in [3.63, 3.8) is 0 Å². The summed E-state index contributed by atoms with van der Waals surface area (Å²) in [6, 6.07) is 11.0. The fraction of sp³-hybridized carbons (Fsp3) is 0.200. The Morgan fingerprint density at radius 2 is 2.03 bits per heavy atom. The van der Waals surface area contributed by atoms with Crippen molar-refractivity contribution in [3.8, 4) is 22.7 Å². The van der Waals surface area contributed by atoms with E-state index in [0.29, 0.717) is 45.5 Å². The Balaban J connectivity index is 1.78. The zero-order valence-electron chi connectivity index (χ0n) is 19.9. The van der Waals surface area contributed by atoms with Gasteiger partial charge in [0.1, 0.15) is 23.6 Å². The maximum Gasteiger partial charge on any atom is 0.248 e. The summed E-state index contributed by atoms with van der Waals surface area (Å²) in [5, 5.41) is 8.66. The lowest BCUT2D eigenvalue weighted by atomic mass is 10.1. The molecule has 0 bridgehead atoms. The van der Waals surface area contributed by atoms with Gasteiger partial charge in [-0.05, 0) is 50.8 Å². The number of hydrogen-bond donors (Lipinski definition) is 2. The first-order valence-corrected chi connectivity index (χ1v) is 11.2. The Morgan fingerprint density at radius 1 is 1.23 bits per heavy atom. The van der Waals surface area contributed by atoms with Crippen LogP contribution in [-0.2, 0) is 4.79 Å². The lowest BCUT2D eigenvalue weighted by Gasteiger charge is -2.09. The number of aromatic nitrogens is 4. The lowest BCUT2D eigenvalue weighted by Crippen LogP contribution is -2.13. The van der Waals surface area contributed by atoms with Crippen LogP contribution in [0.2, 0.25) is 5.02 Å². The number of methoxy groups -OCH3 is 1. The number of carbonyl (C=O) groups excluding carboxylic acids is 1. The topological polar surface area (TPSA) is 111 Å². The number of nitrogens with one attached hydrogen (secondary N) is 1. The number of rotatable bonds is 7. The van der Waals surface area contributed by atoms with E-state index in [1.165, 1.54) is 12.4 Å². The SMILES string of the molecule is COc1cc(-c2nn(-c3ccc(Cl)c(NC(=O)C=CCN(C)C)c3)c3ncnc(N)c23)ccc1C. The summed E-state index contributed by atoms with van der Waals surface area (Å²) in [6.07, 6.45) is 4.64. The highest BCUT2D eigenvalue weighted by atomic mass is 35.5. The summed E-state index contributed by atoms with van der Waals surface area (Å²) in [7, 11) is 5.47. The summed E-state index contributed by atoms with van der Waals surface area (Å²) >= 11 is 6.37. The number of carbonyl (C=O) groups is 1. The highest BCUT2D eigenvalue weighted by Crippen LogP contribution is 2.35. The van der Waals surface area contributed by atoms with Gasteiger partial charge >= 0.3 is 0 Å². The van der Waals surface area contributed by atoms with Crippen LogP contribution in [0.25, 0.3) is 28.0 Å². The molecule has 0 fully saturated rings. The van der Waals surface area contributed by atoms with E-state index >= 15 is 0 Å². The first-order valence-electron chi connectivity index (χ1n) is 10.8. The van der Waals surface area contributed by atoms with Crippen LogP contribution in [0.15, 0.2) is 54.9 Å². The van der Waals surface area contributed by atoms with E-state index < -0.39 is 0 Å². The molecule has 0 saturated carbocycles. The molecule has 2 heterocycles. The highest BCUT2D eigenvalue weighted by Gasteiger charge is 2.19. The van der Waals surface area contributed by atoms with E-state index in [0.717, 1.165) is 16.9 Å². The molecule has 10 heteroatoms. The van der Waals surface area contributed by atoms with Crippen LogP contribution in [0.5, 0.6) is 5.75 Å². The number of likely N-dealkylation sites (N-methyl/N-ethyl adjacent to an activating group) is 1. The molecule has 35 heavy (non-hydrogen) atoms. The minimum atomic E-state index is -0.282. The summed E-state index contributed by atoms with van der Waals surface area (Å²) in [5.74, 6) is 0.763. The third kappa shape index (κ3) is 5.11. The van der Waals surface area contributed by atoms with Gasteiger partial charge in [0.2, 0.25) is 5.91 Å².